The zero-order valence-electron chi connectivity index (χ0n) is 7.20. The standard InChI is InChI=1S/C9H15NO2/c1-7(10)9(6-11)4-2-8(12)3-5-9/h2-4,7,11-12H,5-6,10H2,1H3. The van der Waals surface area contributed by atoms with Crippen LogP contribution in [-0.4, -0.2) is 22.9 Å². The number of hydrogen-bond acceptors (Lipinski definition) is 3. The quantitative estimate of drug-likeness (QED) is 0.570. The van der Waals surface area contributed by atoms with E-state index in [-0.39, 0.29) is 23.8 Å². The van der Waals surface area contributed by atoms with Gasteiger partial charge in [-0.1, -0.05) is 6.08 Å². The van der Waals surface area contributed by atoms with Crippen LogP contribution in [0.4, 0.5) is 0 Å². The Morgan fingerprint density at radius 3 is 2.75 bits per heavy atom. The molecule has 3 heteroatoms. The van der Waals surface area contributed by atoms with Crippen molar-refractivity contribution in [1.82, 2.24) is 0 Å². The highest BCUT2D eigenvalue weighted by Gasteiger charge is 2.31. The minimum absolute atomic E-state index is 0.0188. The van der Waals surface area contributed by atoms with Gasteiger partial charge in [-0.3, -0.25) is 0 Å². The van der Waals surface area contributed by atoms with Gasteiger partial charge in [0, 0.05) is 11.5 Å². The van der Waals surface area contributed by atoms with Gasteiger partial charge >= 0.3 is 0 Å². The van der Waals surface area contributed by atoms with E-state index in [1.54, 1.807) is 18.2 Å². The maximum Gasteiger partial charge on any atom is 0.111 e. The molecule has 4 N–H and O–H groups in total. The number of hydrogen-bond donors (Lipinski definition) is 3. The molecule has 0 aliphatic heterocycles. The van der Waals surface area contributed by atoms with Crippen LogP contribution in [0.2, 0.25) is 0 Å². The Morgan fingerprint density at radius 2 is 2.42 bits per heavy atom. The Bertz CT molecular complexity index is 221. The lowest BCUT2D eigenvalue weighted by atomic mass is 9.76. The van der Waals surface area contributed by atoms with Crippen LogP contribution >= 0.6 is 0 Å². The smallest absolute Gasteiger partial charge is 0.111 e. The van der Waals surface area contributed by atoms with E-state index in [0.717, 1.165) is 0 Å². The van der Waals surface area contributed by atoms with Gasteiger partial charge in [0.2, 0.25) is 0 Å². The first-order valence-corrected chi connectivity index (χ1v) is 4.05. The Labute approximate surface area is 72.2 Å². The van der Waals surface area contributed by atoms with E-state index in [4.69, 9.17) is 15.9 Å². The van der Waals surface area contributed by atoms with Crippen LogP contribution in [0, 0.1) is 5.41 Å². The Hall–Kier alpha value is -0.800. The van der Waals surface area contributed by atoms with Crippen molar-refractivity contribution in [3.63, 3.8) is 0 Å². The highest BCUT2D eigenvalue weighted by molar-refractivity contribution is 5.22. The number of allylic oxidation sites excluding steroid dienone is 2. The second-order valence-corrected chi connectivity index (χ2v) is 3.35. The maximum atomic E-state index is 9.16. The second-order valence-electron chi connectivity index (χ2n) is 3.35. The molecule has 2 atom stereocenters. The number of rotatable bonds is 2. The van der Waals surface area contributed by atoms with Gasteiger partial charge in [0.1, 0.15) is 5.76 Å². The molecule has 0 bridgehead atoms. The third-order valence-corrected chi connectivity index (χ3v) is 2.48. The van der Waals surface area contributed by atoms with Crippen molar-refractivity contribution >= 4 is 0 Å². The van der Waals surface area contributed by atoms with Gasteiger partial charge in [0.25, 0.3) is 0 Å². The lowest BCUT2D eigenvalue weighted by molar-refractivity contribution is 0.146. The number of nitrogens with two attached hydrogens (primary N) is 1. The Balaban J connectivity index is 2.80. The summed E-state index contributed by atoms with van der Waals surface area (Å²) in [4.78, 5) is 0. The molecule has 12 heavy (non-hydrogen) atoms. The van der Waals surface area contributed by atoms with Crippen molar-refractivity contribution in [1.29, 1.82) is 0 Å². The summed E-state index contributed by atoms with van der Waals surface area (Å²) >= 11 is 0. The predicted octanol–water partition coefficient (Wildman–Crippen LogP) is 0.714. The van der Waals surface area contributed by atoms with Gasteiger partial charge in [0.05, 0.1) is 6.61 Å². The van der Waals surface area contributed by atoms with E-state index in [9.17, 15) is 0 Å². The summed E-state index contributed by atoms with van der Waals surface area (Å²) in [6.45, 7) is 1.88. The van der Waals surface area contributed by atoms with Crippen molar-refractivity contribution in [3.05, 3.63) is 24.0 Å². The molecule has 0 saturated carbocycles. The van der Waals surface area contributed by atoms with Gasteiger partial charge in [-0.2, -0.15) is 0 Å². The third kappa shape index (κ3) is 1.52. The number of aliphatic hydroxyl groups is 2. The van der Waals surface area contributed by atoms with Crippen LogP contribution < -0.4 is 5.73 Å². The van der Waals surface area contributed by atoms with Gasteiger partial charge in [-0.05, 0) is 25.5 Å². The predicted molar refractivity (Wildman–Crippen MR) is 47.6 cm³/mol. The van der Waals surface area contributed by atoms with Crippen molar-refractivity contribution < 1.29 is 10.2 Å². The first kappa shape index (κ1) is 9.29. The molecular weight excluding hydrogens is 154 g/mol. The average molecular weight is 169 g/mol. The topological polar surface area (TPSA) is 66.5 Å². The maximum absolute atomic E-state index is 9.16. The van der Waals surface area contributed by atoms with E-state index in [0.29, 0.717) is 6.42 Å². The van der Waals surface area contributed by atoms with Crippen molar-refractivity contribution in [2.45, 2.75) is 19.4 Å². The van der Waals surface area contributed by atoms with Crippen molar-refractivity contribution in [2.24, 2.45) is 11.1 Å². The minimum atomic E-state index is -0.383. The SMILES string of the molecule is CC(N)C1(CO)C=CC(O)=CC1. The molecule has 1 aliphatic carbocycles. The molecule has 0 aromatic rings. The molecular formula is C9H15NO2. The van der Waals surface area contributed by atoms with Crippen LogP contribution in [0.5, 0.6) is 0 Å². The van der Waals surface area contributed by atoms with Crippen LogP contribution in [0.1, 0.15) is 13.3 Å². The monoisotopic (exact) mass is 169 g/mol. The third-order valence-electron chi connectivity index (χ3n) is 2.48. The van der Waals surface area contributed by atoms with Crippen LogP contribution in [0.25, 0.3) is 0 Å². The first-order chi connectivity index (χ1) is 5.60. The molecule has 3 nitrogen and oxygen atoms in total. The van der Waals surface area contributed by atoms with E-state index >= 15 is 0 Å². The molecule has 0 aromatic heterocycles. The molecule has 0 radical (unpaired) electrons. The summed E-state index contributed by atoms with van der Waals surface area (Å²) in [6.07, 6.45) is 5.65. The largest absolute Gasteiger partial charge is 0.508 e. The van der Waals surface area contributed by atoms with Gasteiger partial charge < -0.3 is 15.9 Å². The molecule has 1 rings (SSSR count). The fraction of sp³-hybridized carbons (Fsp3) is 0.556. The summed E-state index contributed by atoms with van der Waals surface area (Å²) in [5, 5.41) is 18.2. The molecule has 0 amide bonds. The number of aliphatic hydroxyl groups excluding tert-OH is 2. The van der Waals surface area contributed by atoms with E-state index in [1.807, 2.05) is 6.92 Å². The van der Waals surface area contributed by atoms with E-state index < -0.39 is 0 Å². The summed E-state index contributed by atoms with van der Waals surface area (Å²) in [7, 11) is 0. The van der Waals surface area contributed by atoms with Gasteiger partial charge in [-0.15, -0.1) is 0 Å². The average Bonchev–Trinajstić information content (AvgIpc) is 2.06. The highest BCUT2D eigenvalue weighted by atomic mass is 16.3. The van der Waals surface area contributed by atoms with Crippen LogP contribution in [-0.2, 0) is 0 Å². The minimum Gasteiger partial charge on any atom is -0.508 e. The summed E-state index contributed by atoms with van der Waals surface area (Å²) in [5.41, 5.74) is 5.35. The summed E-state index contributed by atoms with van der Waals surface area (Å²) in [5.74, 6) is 0.250. The first-order valence-electron chi connectivity index (χ1n) is 4.05. The van der Waals surface area contributed by atoms with E-state index in [2.05, 4.69) is 0 Å². The van der Waals surface area contributed by atoms with Gasteiger partial charge in [0.15, 0.2) is 0 Å². The summed E-state index contributed by atoms with van der Waals surface area (Å²) in [6, 6.07) is -0.108. The second kappa shape index (κ2) is 3.29. The molecule has 0 heterocycles. The Morgan fingerprint density at radius 1 is 1.75 bits per heavy atom. The van der Waals surface area contributed by atoms with Gasteiger partial charge in [-0.25, -0.2) is 0 Å². The zero-order valence-corrected chi connectivity index (χ0v) is 7.20. The fourth-order valence-electron chi connectivity index (χ4n) is 1.28. The lowest BCUT2D eigenvalue weighted by Gasteiger charge is -2.33. The lowest BCUT2D eigenvalue weighted by Crippen LogP contribution is -2.41. The normalized spacial score (nSPS) is 31.4. The molecule has 0 fully saturated rings. The molecule has 2 unspecified atom stereocenters. The van der Waals surface area contributed by atoms with E-state index in [1.165, 1.54) is 0 Å². The van der Waals surface area contributed by atoms with Crippen molar-refractivity contribution in [2.75, 3.05) is 6.61 Å². The van der Waals surface area contributed by atoms with Crippen LogP contribution in [0.15, 0.2) is 24.0 Å². The Kier molecular flexibility index (Phi) is 2.55. The molecule has 0 aromatic carbocycles. The molecule has 0 spiro atoms. The molecule has 0 saturated heterocycles. The zero-order chi connectivity index (χ0) is 9.19. The van der Waals surface area contributed by atoms with Crippen molar-refractivity contribution in [3.8, 4) is 0 Å². The summed E-state index contributed by atoms with van der Waals surface area (Å²) < 4.78 is 0. The molecule has 1 aliphatic rings. The fourth-order valence-corrected chi connectivity index (χ4v) is 1.28. The van der Waals surface area contributed by atoms with Crippen LogP contribution in [0.3, 0.4) is 0 Å². The highest BCUT2D eigenvalue weighted by Crippen LogP contribution is 2.31. The molecule has 68 valence electrons.